The Bertz CT molecular complexity index is 1060. The highest BCUT2D eigenvalue weighted by molar-refractivity contribution is 7.89. The molecule has 0 spiro atoms. The predicted octanol–water partition coefficient (Wildman–Crippen LogP) is 3.33. The molecule has 1 N–H and O–H groups in total. The Morgan fingerprint density at radius 2 is 1.84 bits per heavy atom. The number of ether oxygens (including phenoxy) is 1. The van der Waals surface area contributed by atoms with E-state index < -0.39 is 10.0 Å². The number of fused-ring (bicyclic) bond motifs is 1. The van der Waals surface area contributed by atoms with E-state index in [9.17, 15) is 18.0 Å². The summed E-state index contributed by atoms with van der Waals surface area (Å²) in [5.41, 5.74) is 1.20. The fourth-order valence-corrected chi connectivity index (χ4v) is 6.12. The summed E-state index contributed by atoms with van der Waals surface area (Å²) in [5.74, 6) is -0.371. The molecule has 1 aromatic carbocycles. The first-order valence-electron chi connectivity index (χ1n) is 10.5. The van der Waals surface area contributed by atoms with Crippen LogP contribution in [0.4, 0.5) is 9.93 Å². The Morgan fingerprint density at radius 1 is 1.19 bits per heavy atom. The van der Waals surface area contributed by atoms with Crippen LogP contribution in [-0.2, 0) is 27.7 Å². The van der Waals surface area contributed by atoms with Gasteiger partial charge < -0.3 is 9.64 Å². The van der Waals surface area contributed by atoms with Gasteiger partial charge in [-0.1, -0.05) is 25.2 Å². The molecule has 3 rings (SSSR count). The van der Waals surface area contributed by atoms with Crippen molar-refractivity contribution in [2.75, 3.05) is 32.1 Å². The minimum absolute atomic E-state index is 0.170. The van der Waals surface area contributed by atoms with E-state index in [-0.39, 0.29) is 16.9 Å². The van der Waals surface area contributed by atoms with Crippen LogP contribution in [-0.4, -0.2) is 61.4 Å². The molecule has 174 valence electrons. The van der Waals surface area contributed by atoms with Crippen LogP contribution in [0.25, 0.3) is 0 Å². The summed E-state index contributed by atoms with van der Waals surface area (Å²) in [6.45, 7) is 5.71. The van der Waals surface area contributed by atoms with Crippen molar-refractivity contribution in [1.29, 1.82) is 0 Å². The van der Waals surface area contributed by atoms with E-state index in [0.717, 1.165) is 23.4 Å². The molecular formula is C21H28N4O5S2. The van der Waals surface area contributed by atoms with Gasteiger partial charge in [0, 0.05) is 36.5 Å². The fraction of sp³-hybridized carbons (Fsp3) is 0.476. The molecule has 11 heteroatoms. The van der Waals surface area contributed by atoms with Crippen LogP contribution in [0.3, 0.4) is 0 Å². The first kappa shape index (κ1) is 24.1. The number of benzene rings is 1. The van der Waals surface area contributed by atoms with Gasteiger partial charge in [-0.2, -0.15) is 4.31 Å². The molecule has 1 aromatic heterocycles. The molecule has 0 bridgehead atoms. The quantitative estimate of drug-likeness (QED) is 0.621. The highest BCUT2D eigenvalue weighted by atomic mass is 32.2. The molecule has 2 heterocycles. The van der Waals surface area contributed by atoms with Gasteiger partial charge in [0.05, 0.1) is 24.2 Å². The largest absolute Gasteiger partial charge is 0.453 e. The molecule has 0 fully saturated rings. The molecule has 2 aromatic rings. The molecule has 2 amide bonds. The number of nitrogens with one attached hydrogen (secondary N) is 1. The molecule has 0 atom stereocenters. The summed E-state index contributed by atoms with van der Waals surface area (Å²) in [5, 5.41) is 3.21. The van der Waals surface area contributed by atoms with Crippen molar-refractivity contribution in [3.63, 3.8) is 0 Å². The number of sulfonamides is 1. The SMILES string of the molecule is CCCN(CCC)S(=O)(=O)c1ccc(C(=O)Nc2nc3c(s2)CN(C(=O)OC)CC3)cc1. The third kappa shape index (κ3) is 5.28. The third-order valence-electron chi connectivity index (χ3n) is 5.08. The van der Waals surface area contributed by atoms with Gasteiger partial charge in [0.25, 0.3) is 5.91 Å². The number of hydrogen-bond acceptors (Lipinski definition) is 7. The highest BCUT2D eigenvalue weighted by Crippen LogP contribution is 2.29. The normalized spacial score (nSPS) is 13.7. The molecule has 0 aliphatic carbocycles. The van der Waals surface area contributed by atoms with E-state index in [0.29, 0.717) is 43.3 Å². The lowest BCUT2D eigenvalue weighted by Crippen LogP contribution is -2.35. The van der Waals surface area contributed by atoms with Crippen LogP contribution in [0.15, 0.2) is 29.2 Å². The van der Waals surface area contributed by atoms with Crippen molar-refractivity contribution in [2.24, 2.45) is 0 Å². The number of nitrogens with zero attached hydrogens (tertiary/aromatic N) is 3. The van der Waals surface area contributed by atoms with Crippen LogP contribution in [0.2, 0.25) is 0 Å². The van der Waals surface area contributed by atoms with Gasteiger partial charge >= 0.3 is 6.09 Å². The topological polar surface area (TPSA) is 109 Å². The summed E-state index contributed by atoms with van der Waals surface area (Å²) in [4.78, 5) is 31.5. The number of carbonyl (C=O) groups is 2. The minimum Gasteiger partial charge on any atom is -0.453 e. The number of anilines is 1. The Kier molecular flexibility index (Phi) is 7.86. The smallest absolute Gasteiger partial charge is 0.409 e. The van der Waals surface area contributed by atoms with E-state index in [2.05, 4.69) is 10.3 Å². The van der Waals surface area contributed by atoms with Crippen LogP contribution in [0.5, 0.6) is 0 Å². The first-order valence-corrected chi connectivity index (χ1v) is 12.8. The standard InChI is InChI=1S/C21H28N4O5S2/c1-4-11-25(12-5-2)32(28,29)16-8-6-15(7-9-16)19(26)23-20-22-17-10-13-24(21(27)30-3)14-18(17)31-20/h6-9H,4-5,10-14H2,1-3H3,(H,22,23,26). The summed E-state index contributed by atoms with van der Waals surface area (Å²) in [7, 11) is -2.25. The second-order valence-electron chi connectivity index (χ2n) is 7.41. The van der Waals surface area contributed by atoms with Gasteiger partial charge in [0.2, 0.25) is 10.0 Å². The molecule has 9 nitrogen and oxygen atoms in total. The Balaban J connectivity index is 1.70. The van der Waals surface area contributed by atoms with E-state index >= 15 is 0 Å². The number of amides is 2. The van der Waals surface area contributed by atoms with Crippen LogP contribution < -0.4 is 5.32 Å². The molecule has 0 radical (unpaired) electrons. The molecule has 1 aliphatic heterocycles. The van der Waals surface area contributed by atoms with Crippen molar-refractivity contribution >= 4 is 38.5 Å². The van der Waals surface area contributed by atoms with Crippen molar-refractivity contribution in [1.82, 2.24) is 14.2 Å². The average molecular weight is 481 g/mol. The van der Waals surface area contributed by atoms with E-state index in [4.69, 9.17) is 4.74 Å². The van der Waals surface area contributed by atoms with Crippen molar-refractivity contribution in [2.45, 2.75) is 44.6 Å². The second-order valence-corrected chi connectivity index (χ2v) is 10.4. The maximum absolute atomic E-state index is 12.9. The van der Waals surface area contributed by atoms with Gasteiger partial charge in [-0.25, -0.2) is 18.2 Å². The minimum atomic E-state index is -3.59. The lowest BCUT2D eigenvalue weighted by molar-refractivity contribution is 0.102. The summed E-state index contributed by atoms with van der Waals surface area (Å²) in [6, 6.07) is 5.93. The zero-order valence-electron chi connectivity index (χ0n) is 18.5. The summed E-state index contributed by atoms with van der Waals surface area (Å²) < 4.78 is 32.0. The predicted molar refractivity (Wildman–Crippen MR) is 122 cm³/mol. The maximum Gasteiger partial charge on any atom is 0.409 e. The number of rotatable bonds is 8. The maximum atomic E-state index is 12.9. The molecule has 0 unspecified atom stereocenters. The zero-order valence-corrected chi connectivity index (χ0v) is 20.1. The molecule has 0 saturated heterocycles. The van der Waals surface area contributed by atoms with E-state index in [1.807, 2.05) is 13.8 Å². The van der Waals surface area contributed by atoms with Gasteiger partial charge in [-0.05, 0) is 37.1 Å². The van der Waals surface area contributed by atoms with Crippen LogP contribution in [0.1, 0.15) is 47.6 Å². The number of aromatic nitrogens is 1. The lowest BCUT2D eigenvalue weighted by Gasteiger charge is -2.24. The number of carbonyl (C=O) groups excluding carboxylic acids is 2. The number of hydrogen-bond donors (Lipinski definition) is 1. The molecule has 0 saturated carbocycles. The second kappa shape index (κ2) is 10.4. The molecule has 1 aliphatic rings. The van der Waals surface area contributed by atoms with Crippen molar-refractivity contribution in [3.8, 4) is 0 Å². The zero-order chi connectivity index (χ0) is 23.3. The third-order valence-corrected chi connectivity index (χ3v) is 8.00. The van der Waals surface area contributed by atoms with E-state index in [1.165, 1.54) is 47.0 Å². The highest BCUT2D eigenvalue weighted by Gasteiger charge is 2.26. The van der Waals surface area contributed by atoms with Crippen molar-refractivity contribution < 1.29 is 22.7 Å². The Hall–Kier alpha value is -2.50. The van der Waals surface area contributed by atoms with Crippen LogP contribution in [0, 0.1) is 0 Å². The fourth-order valence-electron chi connectivity index (χ4n) is 3.48. The van der Waals surface area contributed by atoms with Gasteiger partial charge in [0.15, 0.2) is 5.13 Å². The van der Waals surface area contributed by atoms with Gasteiger partial charge in [-0.3, -0.25) is 10.1 Å². The number of methoxy groups -OCH3 is 1. The monoisotopic (exact) mass is 480 g/mol. The van der Waals surface area contributed by atoms with Crippen molar-refractivity contribution in [3.05, 3.63) is 40.4 Å². The van der Waals surface area contributed by atoms with Gasteiger partial charge in [0.1, 0.15) is 0 Å². The van der Waals surface area contributed by atoms with Gasteiger partial charge in [-0.15, -0.1) is 0 Å². The summed E-state index contributed by atoms with van der Waals surface area (Å²) >= 11 is 1.32. The van der Waals surface area contributed by atoms with Crippen LogP contribution >= 0.6 is 11.3 Å². The lowest BCUT2D eigenvalue weighted by atomic mass is 10.2. The summed E-state index contributed by atoms with van der Waals surface area (Å²) in [6.07, 6.45) is 1.67. The average Bonchev–Trinajstić information content (AvgIpc) is 3.19. The number of thiazole rings is 1. The Morgan fingerprint density at radius 3 is 2.44 bits per heavy atom. The molecule has 32 heavy (non-hydrogen) atoms. The van der Waals surface area contributed by atoms with E-state index in [1.54, 1.807) is 4.90 Å². The Labute approximate surface area is 192 Å². The first-order chi connectivity index (χ1) is 15.3. The molecular weight excluding hydrogens is 452 g/mol.